The zero-order valence-electron chi connectivity index (χ0n) is 10.8. The molecule has 2 aliphatic rings. The highest BCUT2D eigenvalue weighted by atomic mass is 16.5. The van der Waals surface area contributed by atoms with E-state index in [1.807, 2.05) is 30.3 Å². The predicted molar refractivity (Wildman–Crippen MR) is 72.5 cm³/mol. The molecular formula is C16H13N3O. The normalized spacial score (nSPS) is 22.0. The molecular weight excluding hydrogens is 250 g/mol. The molecule has 0 saturated heterocycles. The SMILES string of the molecule is N#CC1=C(N)OC(C2CC2)=C(C#N)C1c1ccccc1. The molecule has 0 bridgehead atoms. The van der Waals surface area contributed by atoms with Gasteiger partial charge >= 0.3 is 0 Å². The number of hydrogen-bond acceptors (Lipinski definition) is 4. The van der Waals surface area contributed by atoms with E-state index in [0.717, 1.165) is 18.4 Å². The van der Waals surface area contributed by atoms with Crippen molar-refractivity contribution in [2.75, 3.05) is 0 Å². The van der Waals surface area contributed by atoms with Crippen LogP contribution in [-0.4, -0.2) is 0 Å². The molecule has 0 radical (unpaired) electrons. The van der Waals surface area contributed by atoms with Gasteiger partial charge in [-0.05, 0) is 18.4 Å². The first kappa shape index (κ1) is 12.3. The van der Waals surface area contributed by atoms with Crippen LogP contribution in [0.15, 0.2) is 53.1 Å². The highest BCUT2D eigenvalue weighted by molar-refractivity contribution is 5.53. The van der Waals surface area contributed by atoms with Gasteiger partial charge in [0.25, 0.3) is 0 Å². The van der Waals surface area contributed by atoms with E-state index in [0.29, 0.717) is 16.9 Å². The third-order valence-electron chi connectivity index (χ3n) is 3.65. The molecule has 3 rings (SSSR count). The molecule has 0 amide bonds. The van der Waals surface area contributed by atoms with Crippen molar-refractivity contribution in [2.45, 2.75) is 18.8 Å². The maximum Gasteiger partial charge on any atom is 0.205 e. The molecule has 0 spiro atoms. The van der Waals surface area contributed by atoms with Crippen LogP contribution >= 0.6 is 0 Å². The van der Waals surface area contributed by atoms with Crippen LogP contribution in [0.5, 0.6) is 0 Å². The molecule has 1 aromatic rings. The molecule has 2 N–H and O–H groups in total. The van der Waals surface area contributed by atoms with Gasteiger partial charge in [-0.3, -0.25) is 0 Å². The van der Waals surface area contributed by atoms with E-state index in [9.17, 15) is 10.5 Å². The molecule has 1 atom stereocenters. The van der Waals surface area contributed by atoms with Gasteiger partial charge < -0.3 is 10.5 Å². The summed E-state index contributed by atoms with van der Waals surface area (Å²) in [4.78, 5) is 0. The van der Waals surface area contributed by atoms with Gasteiger partial charge in [-0.15, -0.1) is 0 Å². The van der Waals surface area contributed by atoms with E-state index in [-0.39, 0.29) is 11.8 Å². The lowest BCUT2D eigenvalue weighted by atomic mass is 9.83. The van der Waals surface area contributed by atoms with Gasteiger partial charge in [-0.25, -0.2) is 0 Å². The summed E-state index contributed by atoms with van der Waals surface area (Å²) in [6, 6.07) is 13.8. The minimum atomic E-state index is -0.407. The molecule has 1 fully saturated rings. The van der Waals surface area contributed by atoms with Gasteiger partial charge in [0.1, 0.15) is 17.4 Å². The second-order valence-electron chi connectivity index (χ2n) is 5.00. The lowest BCUT2D eigenvalue weighted by Gasteiger charge is -2.25. The second-order valence-corrected chi connectivity index (χ2v) is 5.00. The van der Waals surface area contributed by atoms with Crippen molar-refractivity contribution in [3.8, 4) is 12.1 Å². The van der Waals surface area contributed by atoms with E-state index < -0.39 is 5.92 Å². The van der Waals surface area contributed by atoms with Crippen LogP contribution in [0.2, 0.25) is 0 Å². The zero-order chi connectivity index (χ0) is 14.1. The van der Waals surface area contributed by atoms with Gasteiger partial charge in [0, 0.05) is 5.92 Å². The topological polar surface area (TPSA) is 82.8 Å². The van der Waals surface area contributed by atoms with Gasteiger partial charge in [0.15, 0.2) is 0 Å². The first-order chi connectivity index (χ1) is 9.76. The number of hydrogen-bond donors (Lipinski definition) is 1. The predicted octanol–water partition coefficient (Wildman–Crippen LogP) is 2.68. The zero-order valence-corrected chi connectivity index (χ0v) is 10.8. The lowest BCUT2D eigenvalue weighted by molar-refractivity contribution is 0.260. The maximum absolute atomic E-state index is 9.51. The number of nitrogens with two attached hydrogens (primary N) is 1. The van der Waals surface area contributed by atoms with Crippen LogP contribution in [0.3, 0.4) is 0 Å². The van der Waals surface area contributed by atoms with E-state index in [4.69, 9.17) is 10.5 Å². The average Bonchev–Trinajstić information content (AvgIpc) is 3.31. The molecule has 4 nitrogen and oxygen atoms in total. The van der Waals surface area contributed by atoms with Crippen LogP contribution in [-0.2, 0) is 4.74 Å². The monoisotopic (exact) mass is 263 g/mol. The summed E-state index contributed by atoms with van der Waals surface area (Å²) in [5.41, 5.74) is 7.61. The number of allylic oxidation sites excluding steroid dienone is 3. The molecule has 1 saturated carbocycles. The van der Waals surface area contributed by atoms with Crippen molar-refractivity contribution in [2.24, 2.45) is 11.7 Å². The molecule has 1 aliphatic carbocycles. The molecule has 20 heavy (non-hydrogen) atoms. The van der Waals surface area contributed by atoms with Crippen molar-refractivity contribution in [3.05, 3.63) is 58.7 Å². The Bertz CT molecular complexity index is 685. The summed E-state index contributed by atoms with van der Waals surface area (Å²) >= 11 is 0. The average molecular weight is 263 g/mol. The Morgan fingerprint density at radius 1 is 1.05 bits per heavy atom. The summed E-state index contributed by atoms with van der Waals surface area (Å²) < 4.78 is 5.56. The van der Waals surface area contributed by atoms with E-state index >= 15 is 0 Å². The lowest BCUT2D eigenvalue weighted by Crippen LogP contribution is -2.21. The Kier molecular flexibility index (Phi) is 2.93. The minimum absolute atomic E-state index is 0.127. The van der Waals surface area contributed by atoms with Crippen molar-refractivity contribution in [3.63, 3.8) is 0 Å². The molecule has 1 aromatic carbocycles. The summed E-state index contributed by atoms with van der Waals surface area (Å²) in [5.74, 6) is 0.644. The minimum Gasteiger partial charge on any atom is -0.444 e. The van der Waals surface area contributed by atoms with Crippen LogP contribution in [0, 0.1) is 28.6 Å². The second kappa shape index (κ2) is 4.75. The highest BCUT2D eigenvalue weighted by Gasteiger charge is 2.39. The van der Waals surface area contributed by atoms with Crippen molar-refractivity contribution in [1.29, 1.82) is 10.5 Å². The summed E-state index contributed by atoms with van der Waals surface area (Å²) in [6.45, 7) is 0. The standard InChI is InChI=1S/C16H13N3O/c17-8-12-14(10-4-2-1-3-5-10)13(9-18)16(19)20-15(12)11-6-7-11/h1-5,11,14H,6-7,19H2. The summed E-state index contributed by atoms with van der Waals surface area (Å²) in [7, 11) is 0. The van der Waals surface area contributed by atoms with Crippen LogP contribution in [0.4, 0.5) is 0 Å². The van der Waals surface area contributed by atoms with E-state index in [2.05, 4.69) is 12.1 Å². The molecule has 1 aliphatic heterocycles. The van der Waals surface area contributed by atoms with Crippen LogP contribution < -0.4 is 5.73 Å². The van der Waals surface area contributed by atoms with Gasteiger partial charge in [-0.2, -0.15) is 10.5 Å². The van der Waals surface area contributed by atoms with Crippen LogP contribution in [0.25, 0.3) is 0 Å². The third kappa shape index (κ3) is 1.92. The highest BCUT2D eigenvalue weighted by Crippen LogP contribution is 2.46. The fourth-order valence-corrected chi connectivity index (χ4v) is 2.52. The van der Waals surface area contributed by atoms with Gasteiger partial charge in [0.2, 0.25) is 5.88 Å². The largest absolute Gasteiger partial charge is 0.444 e. The number of nitrogens with zero attached hydrogens (tertiary/aromatic N) is 2. The van der Waals surface area contributed by atoms with E-state index in [1.54, 1.807) is 0 Å². The third-order valence-corrected chi connectivity index (χ3v) is 3.65. The van der Waals surface area contributed by atoms with Crippen molar-refractivity contribution < 1.29 is 4.74 Å². The van der Waals surface area contributed by atoms with Crippen molar-refractivity contribution >= 4 is 0 Å². The van der Waals surface area contributed by atoms with Crippen molar-refractivity contribution in [1.82, 2.24) is 0 Å². The number of benzene rings is 1. The smallest absolute Gasteiger partial charge is 0.205 e. The quantitative estimate of drug-likeness (QED) is 0.889. The Hall–Kier alpha value is -2.72. The molecule has 0 aromatic heterocycles. The molecule has 98 valence electrons. The summed E-state index contributed by atoms with van der Waals surface area (Å²) in [5, 5.41) is 18.9. The van der Waals surface area contributed by atoms with E-state index in [1.165, 1.54) is 0 Å². The number of ether oxygens (including phenoxy) is 1. The maximum atomic E-state index is 9.51. The fraction of sp³-hybridized carbons (Fsp3) is 0.250. The number of rotatable bonds is 2. The fourth-order valence-electron chi connectivity index (χ4n) is 2.52. The first-order valence-electron chi connectivity index (χ1n) is 6.53. The Morgan fingerprint density at radius 3 is 2.25 bits per heavy atom. The Labute approximate surface area is 117 Å². The van der Waals surface area contributed by atoms with Crippen LogP contribution in [0.1, 0.15) is 24.3 Å². The Morgan fingerprint density at radius 2 is 1.70 bits per heavy atom. The molecule has 1 unspecified atom stereocenters. The Balaban J connectivity index is 2.16. The molecule has 4 heteroatoms. The molecule has 1 heterocycles. The first-order valence-corrected chi connectivity index (χ1v) is 6.53. The summed E-state index contributed by atoms with van der Waals surface area (Å²) in [6.07, 6.45) is 2.02. The van der Waals surface area contributed by atoms with Gasteiger partial charge in [-0.1, -0.05) is 30.3 Å². The number of nitriles is 2. The van der Waals surface area contributed by atoms with Gasteiger partial charge in [0.05, 0.1) is 17.6 Å².